The summed E-state index contributed by atoms with van der Waals surface area (Å²) in [6.45, 7) is 1.77. The molecule has 0 spiro atoms. The molecule has 0 saturated heterocycles. The lowest BCUT2D eigenvalue weighted by atomic mass is 9.49. The van der Waals surface area contributed by atoms with Gasteiger partial charge in [-0.05, 0) is 13.8 Å². The highest BCUT2D eigenvalue weighted by Gasteiger charge is 2.85. The Kier molecular flexibility index (Phi) is 3.92. The van der Waals surface area contributed by atoms with Crippen LogP contribution in [0, 0.1) is 0 Å². The van der Waals surface area contributed by atoms with Gasteiger partial charge in [0.2, 0.25) is 18.0 Å². The topological polar surface area (TPSA) is 190 Å². The zero-order valence-corrected chi connectivity index (χ0v) is 11.4. The largest absolute Gasteiger partial charge is 0.384 e. The third-order valence-corrected chi connectivity index (χ3v) is 4.34. The van der Waals surface area contributed by atoms with E-state index in [1.54, 1.807) is 0 Å². The number of nitrogens with one attached hydrogen (secondary N) is 1. The summed E-state index contributed by atoms with van der Waals surface area (Å²) in [7, 11) is 0. The zero-order valence-electron chi connectivity index (χ0n) is 11.4. The fraction of sp³-hybridized carbons (Fsp3) is 0.727. The second-order valence-corrected chi connectivity index (χ2v) is 5.45. The molecule has 0 heterocycles. The highest BCUT2D eigenvalue weighted by Crippen LogP contribution is 2.58. The van der Waals surface area contributed by atoms with Crippen LogP contribution in [-0.2, 0) is 14.4 Å². The fourth-order valence-electron chi connectivity index (χ4n) is 2.54. The van der Waals surface area contributed by atoms with E-state index in [4.69, 9.17) is 5.73 Å². The summed E-state index contributed by atoms with van der Waals surface area (Å²) in [4.78, 5) is 32.8. The molecule has 1 aliphatic carbocycles. The lowest BCUT2D eigenvalue weighted by Crippen LogP contribution is -2.94. The Morgan fingerprint density at radius 1 is 1.14 bits per heavy atom. The molecule has 0 aliphatic heterocycles. The first-order valence-electron chi connectivity index (χ1n) is 5.93. The molecule has 120 valence electrons. The smallest absolute Gasteiger partial charge is 0.287 e. The van der Waals surface area contributed by atoms with E-state index in [-0.39, 0.29) is 6.41 Å². The van der Waals surface area contributed by atoms with E-state index in [1.807, 2.05) is 5.32 Å². The summed E-state index contributed by atoms with van der Waals surface area (Å²) in [5.74, 6) is -5.93. The summed E-state index contributed by atoms with van der Waals surface area (Å²) < 4.78 is 0. The molecule has 1 saturated carbocycles. The molecule has 0 aromatic carbocycles. The molecule has 10 nitrogen and oxygen atoms in total. The van der Waals surface area contributed by atoms with Crippen molar-refractivity contribution in [1.82, 2.24) is 5.32 Å². The standard InChI is InChI=1S/C11H18N2O8/c1-8(17)9(2,18)11(20,21)10(8,19)3-5(13-4-14)6(15)7(12)16/h4-5,17-21H,3H2,1-2H3,(H2,12,16)(H,13,14). The lowest BCUT2D eigenvalue weighted by molar-refractivity contribution is -0.493. The van der Waals surface area contributed by atoms with Gasteiger partial charge in [0.05, 0.1) is 0 Å². The maximum absolute atomic E-state index is 11.5. The van der Waals surface area contributed by atoms with Gasteiger partial charge in [-0.15, -0.1) is 0 Å². The van der Waals surface area contributed by atoms with Crippen molar-refractivity contribution in [2.45, 2.75) is 48.9 Å². The van der Waals surface area contributed by atoms with Crippen molar-refractivity contribution in [2.24, 2.45) is 5.73 Å². The number of hydrogen-bond donors (Lipinski definition) is 7. The van der Waals surface area contributed by atoms with E-state index >= 15 is 0 Å². The van der Waals surface area contributed by atoms with Gasteiger partial charge in [-0.1, -0.05) is 0 Å². The van der Waals surface area contributed by atoms with Crippen molar-refractivity contribution in [3.8, 4) is 0 Å². The minimum atomic E-state index is -3.19. The number of nitrogens with two attached hydrogens (primary N) is 1. The number of Topliss-reactive ketones (excluding diaryl/α,β-unsaturated/α-hetero) is 1. The summed E-state index contributed by atoms with van der Waals surface area (Å²) in [5.41, 5.74) is -2.98. The molecule has 4 unspecified atom stereocenters. The molecule has 1 fully saturated rings. The Bertz CT molecular complexity index is 467. The quantitative estimate of drug-likeness (QED) is 0.145. The van der Waals surface area contributed by atoms with Gasteiger partial charge in [0.15, 0.2) is 5.60 Å². The average molecular weight is 306 g/mol. The minimum Gasteiger partial charge on any atom is -0.384 e. The van der Waals surface area contributed by atoms with E-state index in [0.29, 0.717) is 0 Å². The SMILES string of the molecule is CC1(O)C(C)(O)C(O)(CC(NC=O)C(=O)C(N)=O)C1(O)O. The maximum atomic E-state index is 11.5. The third-order valence-electron chi connectivity index (χ3n) is 4.34. The van der Waals surface area contributed by atoms with Crippen molar-refractivity contribution < 1.29 is 39.9 Å². The normalized spacial score (nSPS) is 39.0. The summed E-state index contributed by atoms with van der Waals surface area (Å²) in [6, 6.07) is -1.70. The van der Waals surface area contributed by atoms with Gasteiger partial charge in [-0.2, -0.15) is 0 Å². The number of primary amides is 1. The first-order valence-corrected chi connectivity index (χ1v) is 5.93. The number of ketones is 1. The molecule has 2 amide bonds. The van der Waals surface area contributed by atoms with Crippen LogP contribution in [-0.4, -0.2) is 72.3 Å². The van der Waals surface area contributed by atoms with E-state index in [1.165, 1.54) is 0 Å². The summed E-state index contributed by atoms with van der Waals surface area (Å²) >= 11 is 0. The van der Waals surface area contributed by atoms with E-state index in [2.05, 4.69) is 0 Å². The molecule has 8 N–H and O–H groups in total. The number of hydrogen-bond acceptors (Lipinski definition) is 8. The second kappa shape index (κ2) is 4.71. The van der Waals surface area contributed by atoms with Crippen molar-refractivity contribution in [3.63, 3.8) is 0 Å². The van der Waals surface area contributed by atoms with E-state index < -0.39 is 46.7 Å². The van der Waals surface area contributed by atoms with Crippen LogP contribution in [0.2, 0.25) is 0 Å². The van der Waals surface area contributed by atoms with Crippen LogP contribution in [0.1, 0.15) is 20.3 Å². The maximum Gasteiger partial charge on any atom is 0.287 e. The summed E-state index contributed by atoms with van der Waals surface area (Å²) in [6.07, 6.45) is -0.916. The number of carbonyl (C=O) groups is 3. The van der Waals surface area contributed by atoms with Gasteiger partial charge in [0.25, 0.3) is 5.91 Å². The van der Waals surface area contributed by atoms with Crippen molar-refractivity contribution in [1.29, 1.82) is 0 Å². The zero-order chi connectivity index (χ0) is 16.9. The second-order valence-electron chi connectivity index (χ2n) is 5.45. The van der Waals surface area contributed by atoms with Gasteiger partial charge in [0.1, 0.15) is 17.2 Å². The van der Waals surface area contributed by atoms with Gasteiger partial charge in [0, 0.05) is 6.42 Å². The van der Waals surface area contributed by atoms with Crippen molar-refractivity contribution in [3.05, 3.63) is 0 Å². The van der Waals surface area contributed by atoms with Crippen LogP contribution in [0.5, 0.6) is 0 Å². The molecular weight excluding hydrogens is 288 g/mol. The van der Waals surface area contributed by atoms with Crippen LogP contribution in [0.4, 0.5) is 0 Å². The first-order chi connectivity index (χ1) is 9.28. The van der Waals surface area contributed by atoms with E-state index in [0.717, 1.165) is 13.8 Å². The highest BCUT2D eigenvalue weighted by molar-refractivity contribution is 6.37. The van der Waals surface area contributed by atoms with Crippen LogP contribution in [0.3, 0.4) is 0 Å². The molecule has 1 aliphatic rings. The number of amides is 2. The van der Waals surface area contributed by atoms with Crippen LogP contribution < -0.4 is 11.1 Å². The molecule has 4 atom stereocenters. The first kappa shape index (κ1) is 17.5. The molecule has 0 aromatic heterocycles. The fourth-order valence-corrected chi connectivity index (χ4v) is 2.54. The highest BCUT2D eigenvalue weighted by atomic mass is 16.6. The predicted octanol–water partition coefficient (Wildman–Crippen LogP) is -4.53. The Labute approximate surface area is 119 Å². The van der Waals surface area contributed by atoms with Crippen LogP contribution >= 0.6 is 0 Å². The summed E-state index contributed by atoms with van der Waals surface area (Å²) in [5, 5.41) is 51.6. The molecule has 21 heavy (non-hydrogen) atoms. The molecule has 0 aromatic rings. The minimum absolute atomic E-state index is 0.0385. The Morgan fingerprint density at radius 2 is 1.62 bits per heavy atom. The molecule has 0 radical (unpaired) electrons. The van der Waals surface area contributed by atoms with Gasteiger partial charge in [-0.3, -0.25) is 14.4 Å². The Balaban J connectivity index is 3.16. The number of aliphatic hydroxyl groups is 5. The Hall–Kier alpha value is -1.59. The van der Waals surface area contributed by atoms with Gasteiger partial charge in [-0.25, -0.2) is 0 Å². The van der Waals surface area contributed by atoms with Crippen LogP contribution in [0.15, 0.2) is 0 Å². The van der Waals surface area contributed by atoms with Gasteiger partial charge < -0.3 is 36.6 Å². The van der Waals surface area contributed by atoms with Crippen LogP contribution in [0.25, 0.3) is 0 Å². The molecule has 10 heteroatoms. The van der Waals surface area contributed by atoms with Crippen molar-refractivity contribution in [2.75, 3.05) is 0 Å². The lowest BCUT2D eigenvalue weighted by Gasteiger charge is -2.68. The number of carbonyl (C=O) groups excluding carboxylic acids is 3. The number of rotatable bonds is 6. The van der Waals surface area contributed by atoms with E-state index in [9.17, 15) is 39.9 Å². The van der Waals surface area contributed by atoms with Gasteiger partial charge >= 0.3 is 0 Å². The predicted molar refractivity (Wildman–Crippen MR) is 65.2 cm³/mol. The molecule has 1 rings (SSSR count). The Morgan fingerprint density at radius 3 is 1.95 bits per heavy atom. The third kappa shape index (κ3) is 1.95. The molecular formula is C11H18N2O8. The average Bonchev–Trinajstić information content (AvgIpc) is 2.35. The van der Waals surface area contributed by atoms with Crippen molar-refractivity contribution >= 4 is 18.1 Å². The molecule has 0 bridgehead atoms. The monoisotopic (exact) mass is 306 g/mol.